The molecule has 0 saturated carbocycles. The summed E-state index contributed by atoms with van der Waals surface area (Å²) in [5.74, 6) is -1.58. The predicted molar refractivity (Wildman–Crippen MR) is 29.2 cm³/mol. The van der Waals surface area contributed by atoms with Gasteiger partial charge in [-0.1, -0.05) is 0 Å². The van der Waals surface area contributed by atoms with E-state index in [-0.39, 0.29) is 29.6 Å². The molecule has 0 spiro atoms. The van der Waals surface area contributed by atoms with E-state index in [0.29, 0.717) is 0 Å². The molecule has 0 heterocycles. The van der Waals surface area contributed by atoms with Crippen molar-refractivity contribution >= 4 is 51.8 Å². The van der Waals surface area contributed by atoms with Gasteiger partial charge >= 0.3 is 5.97 Å². The number of aliphatic hydroxyl groups is 1. The van der Waals surface area contributed by atoms with Gasteiger partial charge in [0.15, 0.2) is 0 Å². The molecule has 0 saturated heterocycles. The van der Waals surface area contributed by atoms with E-state index < -0.39 is 22.3 Å². The number of aliphatic hydroxyl groups excluding tert-OH is 1. The number of aliphatic carboxylic acids is 1. The third kappa shape index (κ3) is 4.48. The van der Waals surface area contributed by atoms with Crippen molar-refractivity contribution < 1.29 is 19.2 Å². The van der Waals surface area contributed by atoms with Crippen molar-refractivity contribution in [2.24, 2.45) is 0 Å². The van der Waals surface area contributed by atoms with E-state index in [1.54, 1.807) is 0 Å². The average Bonchev–Trinajstić information content (AvgIpc) is 1.65. The maximum atomic E-state index is 9.42. The normalized spacial score (nSPS) is 6.62. The largest absolute Gasteiger partial charge is 0.475 e. The molecule has 0 aliphatic heterocycles. The van der Waals surface area contributed by atoms with Crippen LogP contribution in [0.3, 0.4) is 0 Å². The summed E-state index contributed by atoms with van der Waals surface area (Å²) in [5.41, 5.74) is 0. The summed E-state index contributed by atoms with van der Waals surface area (Å²) in [7, 11) is 0. The fourth-order valence-corrected chi connectivity index (χ4v) is 0.107. The van der Waals surface area contributed by atoms with Crippen molar-refractivity contribution in [3.63, 3.8) is 0 Å². The first kappa shape index (κ1) is 11.2. The Hall–Kier alpha value is 0.320. The Kier molecular flexibility index (Phi) is 7.61. The minimum Gasteiger partial charge on any atom is -0.475 e. The van der Waals surface area contributed by atoms with Gasteiger partial charge in [0.05, 0.1) is 0 Å². The minimum atomic E-state index is -1.58. The fraction of sp³-hybridized carbons (Fsp3) is 0. The molecule has 8 heavy (non-hydrogen) atoms. The summed E-state index contributed by atoms with van der Waals surface area (Å²) in [4.78, 5) is 9.42. The summed E-state index contributed by atoms with van der Waals surface area (Å²) in [6.45, 7) is 0. The molecule has 0 unspecified atom stereocenters. The van der Waals surface area contributed by atoms with Crippen LogP contribution in [0.1, 0.15) is 0 Å². The van der Waals surface area contributed by atoms with E-state index in [9.17, 15) is 9.00 Å². The maximum Gasteiger partial charge on any atom is 0.373 e. The number of carbonyl (C=O) groups is 1. The zero-order valence-electron chi connectivity index (χ0n) is 4.12. The van der Waals surface area contributed by atoms with Gasteiger partial charge in [-0.05, 0) is 0 Å². The van der Waals surface area contributed by atoms with Crippen molar-refractivity contribution in [3.05, 3.63) is 0 Å². The Morgan fingerprint density at radius 1 is 1.38 bits per heavy atom. The first-order chi connectivity index (χ1) is 3.18. The minimum absolute atomic E-state index is 0. The molecule has 0 aliphatic rings. The van der Waals surface area contributed by atoms with E-state index in [0.717, 1.165) is 0 Å². The first-order valence-electron chi connectivity index (χ1n) is 1.27. The van der Waals surface area contributed by atoms with Crippen molar-refractivity contribution in [1.29, 1.82) is 0 Å². The summed E-state index contributed by atoms with van der Waals surface area (Å²) in [6, 6.07) is 0. The van der Waals surface area contributed by atoms with Crippen molar-refractivity contribution in [2.45, 2.75) is 0 Å². The van der Waals surface area contributed by atoms with Crippen LogP contribution in [0.25, 0.3) is 0 Å². The van der Waals surface area contributed by atoms with Gasteiger partial charge in [-0.25, -0.2) is 9.00 Å². The van der Waals surface area contributed by atoms with Crippen LogP contribution < -0.4 is 0 Å². The molecule has 0 fully saturated rings. The third-order valence-electron chi connectivity index (χ3n) is 0.262. The average molecular weight is 145 g/mol. The number of carboxylic acid groups (broad SMARTS) is 1. The zero-order valence-corrected chi connectivity index (χ0v) is 6.94. The predicted octanol–water partition coefficient (Wildman–Crippen LogP) is -1.41. The van der Waals surface area contributed by atoms with Gasteiger partial charge in [-0.15, -0.1) is 0 Å². The summed E-state index contributed by atoms with van der Waals surface area (Å²) in [6.07, 6.45) is 0. The van der Waals surface area contributed by atoms with Gasteiger partial charge in [0.1, 0.15) is 11.3 Å². The van der Waals surface area contributed by atoms with Crippen LogP contribution in [0.5, 0.6) is 0 Å². The Balaban J connectivity index is 0. The number of rotatable bonds is 0. The molecule has 41 valence electrons. The molecule has 0 rings (SSSR count). The van der Waals surface area contributed by atoms with Crippen molar-refractivity contribution in [1.82, 2.24) is 0 Å². The molecular weight excluding hydrogens is 143 g/mol. The molecule has 6 heteroatoms. The zero-order chi connectivity index (χ0) is 5.86. The standard InChI is InChI=1S/C2H2O4S.Na/c3-1(4)2(5)7-6;/h5H,(H,3,4);. The van der Waals surface area contributed by atoms with Crippen LogP contribution in [0.4, 0.5) is 0 Å². The number of carboxylic acids is 1. The fourth-order valence-electron chi connectivity index (χ4n) is 0.0356. The molecule has 0 atom stereocenters. The molecule has 0 aliphatic carbocycles. The second kappa shape index (κ2) is 5.46. The molecule has 2 N–H and O–H groups in total. The number of hydrogen-bond donors (Lipinski definition) is 2. The van der Waals surface area contributed by atoms with Gasteiger partial charge in [0.2, 0.25) is 0 Å². The Labute approximate surface area is 70.9 Å². The van der Waals surface area contributed by atoms with Crippen LogP contribution in [-0.4, -0.2) is 55.0 Å². The Bertz CT molecular complexity index is 137. The van der Waals surface area contributed by atoms with Crippen LogP contribution in [0.2, 0.25) is 0 Å². The summed E-state index contributed by atoms with van der Waals surface area (Å²) >= 11 is -0.444. The van der Waals surface area contributed by atoms with Crippen LogP contribution in [0.15, 0.2) is 0 Å². The Morgan fingerprint density at radius 3 is 1.75 bits per heavy atom. The van der Waals surface area contributed by atoms with Crippen LogP contribution in [-0.2, 0) is 16.1 Å². The van der Waals surface area contributed by atoms with Gasteiger partial charge in [0, 0.05) is 29.6 Å². The second-order valence-corrected chi connectivity index (χ2v) is 1.25. The summed E-state index contributed by atoms with van der Waals surface area (Å²) in [5, 5.41) is 14.5. The molecule has 4 nitrogen and oxygen atoms in total. The SMILES string of the molecule is O=S=C(O)C(=O)O.[Na]. The smallest absolute Gasteiger partial charge is 0.373 e. The van der Waals surface area contributed by atoms with Gasteiger partial charge < -0.3 is 10.2 Å². The molecule has 0 amide bonds. The van der Waals surface area contributed by atoms with Crippen molar-refractivity contribution in [3.8, 4) is 0 Å². The van der Waals surface area contributed by atoms with Crippen molar-refractivity contribution in [2.75, 3.05) is 0 Å². The van der Waals surface area contributed by atoms with E-state index >= 15 is 0 Å². The van der Waals surface area contributed by atoms with Crippen LogP contribution >= 0.6 is 0 Å². The van der Waals surface area contributed by atoms with Gasteiger partial charge in [-0.2, -0.15) is 0 Å². The molecular formula is C2H2NaO4S. The maximum absolute atomic E-state index is 9.42. The molecule has 1 radical (unpaired) electrons. The third-order valence-corrected chi connectivity index (χ3v) is 0.594. The van der Waals surface area contributed by atoms with E-state index in [1.807, 2.05) is 0 Å². The molecule has 0 aromatic carbocycles. The van der Waals surface area contributed by atoms with E-state index in [4.69, 9.17) is 10.2 Å². The van der Waals surface area contributed by atoms with Gasteiger partial charge in [0.25, 0.3) is 5.05 Å². The second-order valence-electron chi connectivity index (χ2n) is 0.694. The monoisotopic (exact) mass is 145 g/mol. The van der Waals surface area contributed by atoms with E-state index in [1.165, 1.54) is 0 Å². The topological polar surface area (TPSA) is 74.6 Å². The first-order valence-corrected chi connectivity index (χ1v) is 2.01. The summed E-state index contributed by atoms with van der Waals surface area (Å²) < 4.78 is 9.32. The Morgan fingerprint density at radius 2 is 1.75 bits per heavy atom. The van der Waals surface area contributed by atoms with Gasteiger partial charge in [-0.3, -0.25) is 0 Å². The number of hydrogen-bond acceptors (Lipinski definition) is 2. The van der Waals surface area contributed by atoms with Crippen LogP contribution in [0, 0.1) is 0 Å². The molecule has 0 bridgehead atoms. The molecule has 0 aromatic heterocycles. The van der Waals surface area contributed by atoms with E-state index in [2.05, 4.69) is 0 Å². The molecule has 0 aromatic rings. The quantitative estimate of drug-likeness (QED) is 0.324.